The first-order valence-electron chi connectivity index (χ1n) is 43.1. The Labute approximate surface area is 795 Å². The van der Waals surface area contributed by atoms with E-state index in [9.17, 15) is 70.9 Å². The zero-order valence-electron chi connectivity index (χ0n) is 72.5. The maximum atomic E-state index is 15.2. The van der Waals surface area contributed by atoms with Crippen molar-refractivity contribution < 1.29 is 124 Å². The second-order valence-electron chi connectivity index (χ2n) is 33.8. The van der Waals surface area contributed by atoms with Gasteiger partial charge in [0.25, 0.3) is 0 Å². The molecule has 0 unspecified atom stereocenters. The SMILES string of the molecule is O=P(c1c(F)cc(F)cc1F)(c1c(F)cc(F)cc1F)c1ccc2ccc3cccc4ccc1c2c34.O=P(c1c(F)ccc(F)c1F)(c1c(F)ccc(F)c1F)c1ccc2ccc3cccc4ccc1c2c34.O=P(c1cc(F)c(F)cc1F)(c1cc(F)c(F)cc1F)c1ccc2ccc3cccc4ccc1c2c34.O=P(c1ccc(F)c(F)c1F)(c1ccc(F)c(F)c1F)c1ccc2ccc3cccc4ccc1c2c34. The third-order valence-corrected chi connectivity index (χ3v) is 38.6. The fourth-order valence-electron chi connectivity index (χ4n) is 19.8. The number of hydrogen-bond donors (Lipinski definition) is 0. The maximum absolute atomic E-state index is 15.2. The Morgan fingerprint density at radius 1 is 0.132 bits per heavy atom. The van der Waals surface area contributed by atoms with Crippen molar-refractivity contribution in [3.05, 3.63) is 455 Å². The molecule has 32 heteroatoms. The lowest BCUT2D eigenvalue weighted by molar-refractivity contribution is 0.449. The zero-order valence-corrected chi connectivity index (χ0v) is 76.1. The van der Waals surface area contributed by atoms with Gasteiger partial charge in [-0.05, 0) is 214 Å². The lowest BCUT2D eigenvalue weighted by Crippen LogP contribution is -2.34. The maximum Gasteiger partial charge on any atom is 0.195 e. The third-order valence-electron chi connectivity index (χ3n) is 26.0. The minimum atomic E-state index is -5.22. The average Bonchev–Trinajstić information content (AvgIpc) is 0.708. The van der Waals surface area contributed by atoms with Crippen molar-refractivity contribution in [3.63, 3.8) is 0 Å². The van der Waals surface area contributed by atoms with E-state index in [0.29, 0.717) is 116 Å². The number of halogens is 24. The first kappa shape index (κ1) is 94.9. The van der Waals surface area contributed by atoms with Crippen LogP contribution in [0.15, 0.2) is 315 Å². The molecule has 144 heavy (non-hydrogen) atoms. The molecule has 0 aliphatic rings. The lowest BCUT2D eigenvalue weighted by atomic mass is 9.94. The van der Waals surface area contributed by atoms with Crippen LogP contribution in [-0.4, -0.2) is 0 Å². The average molecular weight is 2040 g/mol. The molecule has 0 aliphatic heterocycles. The van der Waals surface area contributed by atoms with Crippen molar-refractivity contribution in [2.24, 2.45) is 0 Å². The molecular formula is C112H52F24O4P4. The van der Waals surface area contributed by atoms with Gasteiger partial charge in [0.1, 0.15) is 58.2 Å². The van der Waals surface area contributed by atoms with Crippen LogP contribution in [-0.2, 0) is 18.3 Å². The molecule has 0 heterocycles. The second-order valence-corrected chi connectivity index (χ2v) is 44.4. The van der Waals surface area contributed by atoms with E-state index in [1.54, 1.807) is 66.7 Å². The van der Waals surface area contributed by atoms with Crippen molar-refractivity contribution in [2.45, 2.75) is 0 Å². The lowest BCUT2D eigenvalue weighted by Gasteiger charge is -2.24. The van der Waals surface area contributed by atoms with Gasteiger partial charge in [-0.25, -0.2) is 105 Å². The van der Waals surface area contributed by atoms with Gasteiger partial charge in [-0.15, -0.1) is 0 Å². The van der Waals surface area contributed by atoms with Crippen LogP contribution in [0.2, 0.25) is 0 Å². The van der Waals surface area contributed by atoms with Crippen molar-refractivity contribution in [3.8, 4) is 0 Å². The Morgan fingerprint density at radius 2 is 0.333 bits per heavy atom. The largest absolute Gasteiger partial charge is 0.308 e. The molecule has 0 saturated carbocycles. The molecule has 0 N–H and O–H groups in total. The summed E-state index contributed by atoms with van der Waals surface area (Å²) in [7, 11) is -19.8. The van der Waals surface area contributed by atoms with Gasteiger partial charge in [-0.3, -0.25) is 0 Å². The van der Waals surface area contributed by atoms with Crippen LogP contribution in [0.5, 0.6) is 0 Å². The van der Waals surface area contributed by atoms with Crippen LogP contribution in [0.4, 0.5) is 105 Å². The molecule has 0 bridgehead atoms. The monoisotopic (exact) mass is 2040 g/mol. The molecule has 24 aromatic carbocycles. The van der Waals surface area contributed by atoms with Crippen LogP contribution in [0.1, 0.15) is 0 Å². The summed E-state index contributed by atoms with van der Waals surface area (Å²) in [5, 5.41) is 6.73. The summed E-state index contributed by atoms with van der Waals surface area (Å²) in [5.74, 6) is -38.2. The summed E-state index contributed by atoms with van der Waals surface area (Å²) in [4.78, 5) is 0. The van der Waals surface area contributed by atoms with Crippen LogP contribution >= 0.6 is 28.6 Å². The van der Waals surface area contributed by atoms with E-state index in [1.165, 1.54) is 42.5 Å². The molecular weight excluding hydrogens is 1990 g/mol. The Bertz CT molecular complexity index is 9290. The summed E-state index contributed by atoms with van der Waals surface area (Å²) < 4.78 is 410. The fraction of sp³-hybridized carbons (Fsp3) is 0. The van der Waals surface area contributed by atoms with Gasteiger partial charge in [0.05, 0.1) is 42.4 Å². The summed E-state index contributed by atoms with van der Waals surface area (Å²) in [6.45, 7) is 0. The van der Waals surface area contributed by atoms with Crippen LogP contribution in [0.3, 0.4) is 0 Å². The number of benzene rings is 24. The molecule has 0 aliphatic carbocycles. The zero-order chi connectivity index (χ0) is 101. The molecule has 0 amide bonds. The minimum absolute atomic E-state index is 0.122. The summed E-state index contributed by atoms with van der Waals surface area (Å²) in [5.41, 5.74) is 0. The van der Waals surface area contributed by atoms with Crippen molar-refractivity contribution in [1.82, 2.24) is 0 Å². The van der Waals surface area contributed by atoms with E-state index < -0.39 is 211 Å². The van der Waals surface area contributed by atoms with Crippen LogP contribution in [0, 0.1) is 140 Å². The molecule has 0 saturated heterocycles. The van der Waals surface area contributed by atoms with Gasteiger partial charge in [0.15, 0.2) is 110 Å². The van der Waals surface area contributed by atoms with Gasteiger partial charge >= 0.3 is 0 Å². The third kappa shape index (κ3) is 14.7. The summed E-state index contributed by atoms with van der Waals surface area (Å²) in [6.07, 6.45) is 0. The summed E-state index contributed by atoms with van der Waals surface area (Å²) in [6, 6.07) is 68.6. The predicted octanol–water partition coefficient (Wildman–Crippen LogP) is 28.2. The van der Waals surface area contributed by atoms with E-state index in [4.69, 9.17) is 0 Å². The van der Waals surface area contributed by atoms with Crippen molar-refractivity contribution in [2.75, 3.05) is 0 Å². The quantitative estimate of drug-likeness (QED) is 0.0402. The second kappa shape index (κ2) is 35.4. The molecule has 0 spiro atoms. The standard InChI is InChI=1S/4C28H13F6OP/c29-18-9-11-20(31)27(25(18)33)36(35,28-21(32)12-10-19(30)26(28)34)22-13-7-16-5-4-14-2-1-3-15-6-8-17(22)24(16)23(14)15;29-18-9-12-21(27(33)25(18)31)36(35,22-13-10-19(30)26(32)28(22)34)20-11-7-16-5-4-14-2-1-3-15-6-8-17(20)24(16)23(14)15;29-17-10-20(31)27(21(32)11-17)36(35,28-22(33)12-18(30)13-23(28)34)24-9-7-16-5-4-14-2-1-3-15-6-8-19(24)26(16)25(14)15;29-18-10-22(33)25(12-20(18)31)36(35,26-13-21(32)19(30)11-23(26)34)24-9-7-16-5-4-14-2-1-3-15-6-8-17(24)28(16)27(14)15/h4*1-13H. The molecule has 0 fully saturated rings. The Kier molecular flexibility index (Phi) is 23.3. The normalized spacial score (nSPS) is 12.3. The molecule has 0 radical (unpaired) electrons. The van der Waals surface area contributed by atoms with Gasteiger partial charge in [-0.2, -0.15) is 0 Å². The van der Waals surface area contributed by atoms with E-state index in [2.05, 4.69) is 0 Å². The molecule has 0 aromatic heterocycles. The highest BCUT2D eigenvalue weighted by Gasteiger charge is 2.47. The van der Waals surface area contributed by atoms with Crippen LogP contribution in [0.25, 0.3) is 129 Å². The van der Waals surface area contributed by atoms with Crippen molar-refractivity contribution in [1.29, 1.82) is 0 Å². The first-order chi connectivity index (χ1) is 68.8. The van der Waals surface area contributed by atoms with E-state index in [1.807, 2.05) is 109 Å². The van der Waals surface area contributed by atoms with Crippen LogP contribution < -0.4 is 63.7 Å². The highest BCUT2D eigenvalue weighted by Crippen LogP contribution is 2.55. The van der Waals surface area contributed by atoms with E-state index >= 15 is 52.7 Å². The highest BCUT2D eigenvalue weighted by atomic mass is 31.2. The van der Waals surface area contributed by atoms with Gasteiger partial charge in [0, 0.05) is 57.6 Å². The highest BCUT2D eigenvalue weighted by molar-refractivity contribution is 7.87. The van der Waals surface area contributed by atoms with Gasteiger partial charge in [-0.1, -0.05) is 194 Å². The molecule has 24 aromatic rings. The molecule has 712 valence electrons. The van der Waals surface area contributed by atoms with Gasteiger partial charge in [0.2, 0.25) is 0 Å². The minimum Gasteiger partial charge on any atom is -0.308 e. The molecule has 24 rings (SSSR count). The van der Waals surface area contributed by atoms with E-state index in [-0.39, 0.29) is 44.1 Å². The Balaban J connectivity index is 0.000000113. The summed E-state index contributed by atoms with van der Waals surface area (Å²) >= 11 is 0. The molecule has 0 atom stereocenters. The number of hydrogen-bond acceptors (Lipinski definition) is 4. The van der Waals surface area contributed by atoms with Gasteiger partial charge < -0.3 is 18.3 Å². The number of rotatable bonds is 12. The molecule has 4 nitrogen and oxygen atoms in total. The van der Waals surface area contributed by atoms with E-state index in [0.717, 1.165) is 87.5 Å². The Morgan fingerprint density at radius 3 is 0.611 bits per heavy atom. The Hall–Kier alpha value is -15.3. The smallest absolute Gasteiger partial charge is 0.195 e. The van der Waals surface area contributed by atoms with Crippen molar-refractivity contribution >= 4 is 221 Å². The fourth-order valence-corrected chi connectivity index (χ4v) is 31.6. The topological polar surface area (TPSA) is 68.3 Å². The predicted molar refractivity (Wildman–Crippen MR) is 517 cm³/mol. The first-order valence-corrected chi connectivity index (χ1v) is 49.9.